The summed E-state index contributed by atoms with van der Waals surface area (Å²) >= 11 is 0. The average molecular weight is 423 g/mol. The molecule has 1 aliphatic rings. The van der Waals surface area contributed by atoms with Crippen LogP contribution in [0, 0.1) is 5.92 Å². The lowest BCUT2D eigenvalue weighted by Gasteiger charge is -2.30. The van der Waals surface area contributed by atoms with Gasteiger partial charge in [0.15, 0.2) is 0 Å². The molecule has 0 bridgehead atoms. The molecular formula is C17H20F3NO6S. The van der Waals surface area contributed by atoms with Crippen LogP contribution in [0.5, 0.6) is 5.75 Å². The topological polar surface area (TPSA) is 90.0 Å². The molecule has 0 unspecified atom stereocenters. The molecule has 11 heteroatoms. The lowest BCUT2D eigenvalue weighted by atomic mass is 9.92. The summed E-state index contributed by atoms with van der Waals surface area (Å²) in [5, 5.41) is 0. The first kappa shape index (κ1) is 22.2. The number of ketones is 1. The summed E-state index contributed by atoms with van der Waals surface area (Å²) in [5.74, 6) is -1.85. The smallest absolute Gasteiger partial charge is 0.466 e. The summed E-state index contributed by atoms with van der Waals surface area (Å²) in [6.45, 7) is 1.95. The van der Waals surface area contributed by atoms with E-state index in [9.17, 15) is 31.2 Å². The predicted octanol–water partition coefficient (Wildman–Crippen LogP) is 2.51. The minimum absolute atomic E-state index is 0.0718. The van der Waals surface area contributed by atoms with Crippen molar-refractivity contribution in [3.05, 3.63) is 24.3 Å². The van der Waals surface area contributed by atoms with Gasteiger partial charge in [0, 0.05) is 19.0 Å². The molecule has 1 fully saturated rings. The second-order valence-corrected chi connectivity index (χ2v) is 8.08. The number of ether oxygens (including phenoxy) is 2. The number of benzene rings is 1. The molecule has 0 atom stereocenters. The van der Waals surface area contributed by atoms with Crippen molar-refractivity contribution < 1.29 is 40.7 Å². The molecule has 1 aromatic carbocycles. The Kier molecular flexibility index (Phi) is 7.05. The number of carbonyl (C=O) groups is 2. The van der Waals surface area contributed by atoms with E-state index >= 15 is 0 Å². The molecule has 1 saturated heterocycles. The monoisotopic (exact) mass is 423 g/mol. The molecule has 0 N–H and O–H groups in total. The Labute approximate surface area is 160 Å². The summed E-state index contributed by atoms with van der Waals surface area (Å²) in [4.78, 5) is 23.3. The first-order valence-electron chi connectivity index (χ1n) is 8.57. The Morgan fingerprint density at radius 3 is 2.21 bits per heavy atom. The van der Waals surface area contributed by atoms with E-state index in [1.807, 2.05) is 0 Å². The third kappa shape index (κ3) is 5.93. The van der Waals surface area contributed by atoms with Crippen LogP contribution in [0.25, 0.3) is 0 Å². The van der Waals surface area contributed by atoms with Crippen molar-refractivity contribution in [3.8, 4) is 5.75 Å². The van der Waals surface area contributed by atoms with Gasteiger partial charge in [-0.3, -0.25) is 9.59 Å². The molecule has 156 valence electrons. The number of piperidine rings is 1. The molecule has 0 spiro atoms. The van der Waals surface area contributed by atoms with Crippen LogP contribution in [0.15, 0.2) is 29.2 Å². The Balaban J connectivity index is 1.97. The van der Waals surface area contributed by atoms with Crippen LogP contribution in [0.3, 0.4) is 0 Å². The second kappa shape index (κ2) is 8.91. The first-order chi connectivity index (χ1) is 13.0. The van der Waals surface area contributed by atoms with E-state index in [0.29, 0.717) is 0 Å². The Bertz CT molecular complexity index is 799. The van der Waals surface area contributed by atoms with Crippen LogP contribution in [-0.2, 0) is 24.3 Å². The molecule has 0 saturated carbocycles. The highest BCUT2D eigenvalue weighted by Gasteiger charge is 2.34. The van der Waals surface area contributed by atoms with Crippen LogP contribution in [0.1, 0.15) is 26.2 Å². The Hall–Kier alpha value is -2.14. The summed E-state index contributed by atoms with van der Waals surface area (Å²) in [6.07, 6.45) is -4.69. The van der Waals surface area contributed by atoms with Gasteiger partial charge in [-0.15, -0.1) is 13.2 Å². The summed E-state index contributed by atoms with van der Waals surface area (Å²) in [7, 11) is -3.91. The Morgan fingerprint density at radius 1 is 1.14 bits per heavy atom. The number of halogens is 3. The van der Waals surface area contributed by atoms with Crippen LogP contribution in [-0.4, -0.2) is 50.5 Å². The zero-order chi connectivity index (χ0) is 20.9. The number of nitrogens with zero attached hydrogens (tertiary/aromatic N) is 1. The number of carbonyl (C=O) groups excluding carboxylic acids is 2. The number of Topliss-reactive ketones (excluding diaryl/α,β-unsaturated/α-hetero) is 1. The number of esters is 1. The van der Waals surface area contributed by atoms with E-state index in [0.717, 1.165) is 24.3 Å². The standard InChI is InChI=1S/C17H20F3NO6S/c1-2-26-16(23)11-15(22)12-7-9-21(10-8-12)28(24,25)14-5-3-13(4-6-14)27-17(18,19)20/h3-6,12H,2,7-11H2,1H3. The van der Waals surface area contributed by atoms with Gasteiger partial charge in [-0.1, -0.05) is 0 Å². The first-order valence-corrected chi connectivity index (χ1v) is 10.0. The predicted molar refractivity (Wildman–Crippen MR) is 90.9 cm³/mol. The maximum atomic E-state index is 12.6. The minimum atomic E-state index is -4.86. The molecule has 0 amide bonds. The number of hydrogen-bond acceptors (Lipinski definition) is 6. The van der Waals surface area contributed by atoms with Crippen molar-refractivity contribution in [1.29, 1.82) is 0 Å². The van der Waals surface area contributed by atoms with Crippen LogP contribution in [0.4, 0.5) is 13.2 Å². The van der Waals surface area contributed by atoms with Gasteiger partial charge in [0.05, 0.1) is 11.5 Å². The number of hydrogen-bond donors (Lipinski definition) is 0. The molecule has 0 aromatic heterocycles. The maximum Gasteiger partial charge on any atom is 0.573 e. The summed E-state index contributed by atoms with van der Waals surface area (Å²) < 4.78 is 71.4. The van der Waals surface area contributed by atoms with Gasteiger partial charge >= 0.3 is 12.3 Å². The lowest BCUT2D eigenvalue weighted by molar-refractivity contribution is -0.274. The van der Waals surface area contributed by atoms with Crippen molar-refractivity contribution in [2.24, 2.45) is 5.92 Å². The van der Waals surface area contributed by atoms with E-state index in [1.54, 1.807) is 6.92 Å². The highest BCUT2D eigenvalue weighted by molar-refractivity contribution is 7.89. The van der Waals surface area contributed by atoms with Gasteiger partial charge in [-0.05, 0) is 44.0 Å². The van der Waals surface area contributed by atoms with E-state index < -0.39 is 34.0 Å². The third-order valence-electron chi connectivity index (χ3n) is 4.23. The van der Waals surface area contributed by atoms with Crippen molar-refractivity contribution in [1.82, 2.24) is 4.31 Å². The molecule has 28 heavy (non-hydrogen) atoms. The maximum absolute atomic E-state index is 12.6. The lowest BCUT2D eigenvalue weighted by Crippen LogP contribution is -2.40. The van der Waals surface area contributed by atoms with Gasteiger partial charge in [0.2, 0.25) is 10.0 Å². The number of sulfonamides is 1. The molecule has 1 aliphatic heterocycles. The van der Waals surface area contributed by atoms with E-state index in [1.165, 1.54) is 4.31 Å². The number of alkyl halides is 3. The Morgan fingerprint density at radius 2 is 1.71 bits per heavy atom. The average Bonchev–Trinajstić information content (AvgIpc) is 2.61. The van der Waals surface area contributed by atoms with Crippen LogP contribution >= 0.6 is 0 Å². The fraction of sp³-hybridized carbons (Fsp3) is 0.529. The fourth-order valence-corrected chi connectivity index (χ4v) is 4.35. The van der Waals surface area contributed by atoms with Crippen molar-refractivity contribution >= 4 is 21.8 Å². The van der Waals surface area contributed by atoms with Gasteiger partial charge in [-0.2, -0.15) is 4.31 Å². The molecule has 1 heterocycles. The molecule has 7 nitrogen and oxygen atoms in total. The fourth-order valence-electron chi connectivity index (χ4n) is 2.88. The van der Waals surface area contributed by atoms with Gasteiger partial charge in [0.25, 0.3) is 0 Å². The van der Waals surface area contributed by atoms with Gasteiger partial charge < -0.3 is 9.47 Å². The quantitative estimate of drug-likeness (QED) is 0.495. The van der Waals surface area contributed by atoms with Gasteiger partial charge in [0.1, 0.15) is 18.0 Å². The zero-order valence-electron chi connectivity index (χ0n) is 15.1. The zero-order valence-corrected chi connectivity index (χ0v) is 15.9. The minimum Gasteiger partial charge on any atom is -0.466 e. The van der Waals surface area contributed by atoms with Gasteiger partial charge in [-0.25, -0.2) is 8.42 Å². The number of rotatable bonds is 7. The van der Waals surface area contributed by atoms with Crippen LogP contribution < -0.4 is 4.74 Å². The SMILES string of the molecule is CCOC(=O)CC(=O)C1CCN(S(=O)(=O)c2ccc(OC(F)(F)F)cc2)CC1. The summed E-state index contributed by atoms with van der Waals surface area (Å²) in [6, 6.07) is 3.93. The molecule has 0 radical (unpaired) electrons. The second-order valence-electron chi connectivity index (χ2n) is 6.15. The van der Waals surface area contributed by atoms with Crippen LogP contribution in [0.2, 0.25) is 0 Å². The van der Waals surface area contributed by atoms with Crippen molar-refractivity contribution in [3.63, 3.8) is 0 Å². The van der Waals surface area contributed by atoms with E-state index in [2.05, 4.69) is 4.74 Å². The van der Waals surface area contributed by atoms with Crippen molar-refractivity contribution in [2.45, 2.75) is 37.4 Å². The highest BCUT2D eigenvalue weighted by Crippen LogP contribution is 2.28. The van der Waals surface area contributed by atoms with E-state index in [4.69, 9.17) is 4.74 Å². The highest BCUT2D eigenvalue weighted by atomic mass is 32.2. The molecular weight excluding hydrogens is 403 g/mol. The van der Waals surface area contributed by atoms with E-state index in [-0.39, 0.29) is 49.6 Å². The summed E-state index contributed by atoms with van der Waals surface area (Å²) in [5.41, 5.74) is 0. The third-order valence-corrected chi connectivity index (χ3v) is 6.14. The molecule has 1 aromatic rings. The molecule has 0 aliphatic carbocycles. The molecule has 2 rings (SSSR count). The normalized spacial score (nSPS) is 16.6. The van der Waals surface area contributed by atoms with Crippen molar-refractivity contribution in [2.75, 3.05) is 19.7 Å². The largest absolute Gasteiger partial charge is 0.573 e.